The summed E-state index contributed by atoms with van der Waals surface area (Å²) in [6.07, 6.45) is -0.398. The van der Waals surface area contributed by atoms with Crippen LogP contribution < -0.4 is 5.32 Å². The minimum atomic E-state index is -0.535. The summed E-state index contributed by atoms with van der Waals surface area (Å²) in [7, 11) is 0. The Morgan fingerprint density at radius 3 is 2.50 bits per heavy atom. The second-order valence-corrected chi connectivity index (χ2v) is 4.94. The highest BCUT2D eigenvalue weighted by Crippen LogP contribution is 2.15. The number of nitrogens with one attached hydrogen (secondary N) is 1. The number of ether oxygens (including phenoxy) is 2. The first-order chi connectivity index (χ1) is 7.29. The lowest BCUT2D eigenvalue weighted by Crippen LogP contribution is -2.45. The average Bonchev–Trinajstić information content (AvgIpc) is 2.47. The van der Waals surface area contributed by atoms with Gasteiger partial charge in [-0.15, -0.1) is 0 Å². The molecule has 0 aliphatic carbocycles. The van der Waals surface area contributed by atoms with Crippen molar-refractivity contribution in [3.8, 4) is 0 Å². The quantitative estimate of drug-likeness (QED) is 0.774. The third-order valence-electron chi connectivity index (χ3n) is 2.19. The van der Waals surface area contributed by atoms with Gasteiger partial charge in [0.25, 0.3) is 0 Å². The average molecular weight is 229 g/mol. The van der Waals surface area contributed by atoms with Crippen LogP contribution in [0.4, 0.5) is 4.79 Å². The van der Waals surface area contributed by atoms with Gasteiger partial charge in [-0.25, -0.2) is 4.79 Å². The molecule has 0 unspecified atom stereocenters. The molecule has 1 N–H and O–H groups in total. The largest absolute Gasteiger partial charge is 0.444 e. The van der Waals surface area contributed by atoms with E-state index in [2.05, 4.69) is 5.32 Å². The van der Waals surface area contributed by atoms with E-state index in [4.69, 9.17) is 9.47 Å². The molecule has 0 aromatic carbocycles. The molecule has 0 spiro atoms. The van der Waals surface area contributed by atoms with Crippen LogP contribution in [0.25, 0.3) is 0 Å². The van der Waals surface area contributed by atoms with Crippen molar-refractivity contribution in [2.24, 2.45) is 0 Å². The summed E-state index contributed by atoms with van der Waals surface area (Å²) in [4.78, 5) is 22.7. The molecule has 0 bridgehead atoms. The molecule has 5 heteroatoms. The SMILES string of the molecule is CC(=O)[C@@H]1OCC[C@@H]1NC(=O)OC(C)(C)C. The van der Waals surface area contributed by atoms with Gasteiger partial charge in [0.1, 0.15) is 11.7 Å². The zero-order valence-electron chi connectivity index (χ0n) is 10.2. The first kappa shape index (κ1) is 13.0. The Morgan fingerprint density at radius 2 is 2.00 bits per heavy atom. The number of alkyl carbamates (subject to hydrolysis) is 1. The normalized spacial score (nSPS) is 25.2. The van der Waals surface area contributed by atoms with Crippen molar-refractivity contribution in [1.29, 1.82) is 0 Å². The number of carbonyl (C=O) groups is 2. The van der Waals surface area contributed by atoms with Crippen LogP contribution in [0.1, 0.15) is 34.1 Å². The molecule has 16 heavy (non-hydrogen) atoms. The van der Waals surface area contributed by atoms with Crippen molar-refractivity contribution in [2.45, 2.75) is 51.9 Å². The summed E-state index contributed by atoms with van der Waals surface area (Å²) in [5.41, 5.74) is -0.532. The fourth-order valence-corrected chi connectivity index (χ4v) is 1.60. The van der Waals surface area contributed by atoms with E-state index < -0.39 is 17.8 Å². The van der Waals surface area contributed by atoms with E-state index in [0.717, 1.165) is 0 Å². The summed E-state index contributed by atoms with van der Waals surface area (Å²) in [5.74, 6) is -0.0708. The molecule has 1 rings (SSSR count). The topological polar surface area (TPSA) is 64.6 Å². The van der Waals surface area contributed by atoms with Crippen molar-refractivity contribution in [1.82, 2.24) is 5.32 Å². The molecule has 1 saturated heterocycles. The van der Waals surface area contributed by atoms with E-state index in [-0.39, 0.29) is 11.8 Å². The molecule has 5 nitrogen and oxygen atoms in total. The van der Waals surface area contributed by atoms with E-state index in [1.54, 1.807) is 20.8 Å². The maximum atomic E-state index is 11.5. The lowest BCUT2D eigenvalue weighted by atomic mass is 10.1. The summed E-state index contributed by atoms with van der Waals surface area (Å²) in [6, 6.07) is -0.271. The third kappa shape index (κ3) is 3.81. The van der Waals surface area contributed by atoms with Gasteiger partial charge < -0.3 is 14.8 Å². The smallest absolute Gasteiger partial charge is 0.407 e. The monoisotopic (exact) mass is 229 g/mol. The number of rotatable bonds is 2. The Balaban J connectivity index is 2.47. The molecular formula is C11H19NO4. The lowest BCUT2D eigenvalue weighted by Gasteiger charge is -2.23. The van der Waals surface area contributed by atoms with Crippen molar-refractivity contribution >= 4 is 11.9 Å². The van der Waals surface area contributed by atoms with E-state index in [1.165, 1.54) is 6.92 Å². The minimum Gasteiger partial charge on any atom is -0.444 e. The van der Waals surface area contributed by atoms with Crippen molar-refractivity contribution < 1.29 is 19.1 Å². The Kier molecular flexibility index (Phi) is 3.91. The summed E-state index contributed by atoms with van der Waals surface area (Å²) < 4.78 is 10.3. The van der Waals surface area contributed by atoms with Gasteiger partial charge in [0.2, 0.25) is 0 Å². The molecule has 92 valence electrons. The van der Waals surface area contributed by atoms with E-state index in [0.29, 0.717) is 13.0 Å². The molecule has 1 amide bonds. The van der Waals surface area contributed by atoms with Crippen molar-refractivity contribution in [3.05, 3.63) is 0 Å². The molecule has 1 aliphatic heterocycles. The first-order valence-corrected chi connectivity index (χ1v) is 5.41. The molecule has 1 fully saturated rings. The maximum absolute atomic E-state index is 11.5. The second-order valence-electron chi connectivity index (χ2n) is 4.94. The molecule has 0 radical (unpaired) electrons. The third-order valence-corrected chi connectivity index (χ3v) is 2.19. The van der Waals surface area contributed by atoms with Crippen LogP contribution >= 0.6 is 0 Å². The molecule has 2 atom stereocenters. The van der Waals surface area contributed by atoms with Crippen LogP contribution in [0.3, 0.4) is 0 Å². The van der Waals surface area contributed by atoms with Gasteiger partial charge >= 0.3 is 6.09 Å². The zero-order valence-corrected chi connectivity index (χ0v) is 10.2. The summed E-state index contributed by atoms with van der Waals surface area (Å²) >= 11 is 0. The molecule has 1 aliphatic rings. The Hall–Kier alpha value is -1.10. The van der Waals surface area contributed by atoms with Gasteiger partial charge in [0, 0.05) is 6.61 Å². The fraction of sp³-hybridized carbons (Fsp3) is 0.818. The van der Waals surface area contributed by atoms with Crippen molar-refractivity contribution in [2.75, 3.05) is 6.61 Å². The molecule has 0 aromatic rings. The number of hydrogen-bond acceptors (Lipinski definition) is 4. The van der Waals surface area contributed by atoms with Gasteiger partial charge in [0.05, 0.1) is 6.04 Å². The Morgan fingerprint density at radius 1 is 1.38 bits per heavy atom. The summed E-state index contributed by atoms with van der Waals surface area (Å²) in [5, 5.41) is 2.66. The number of amides is 1. The highest BCUT2D eigenvalue weighted by atomic mass is 16.6. The Bertz CT molecular complexity index is 282. The molecule has 0 aromatic heterocycles. The van der Waals surface area contributed by atoms with Crippen LogP contribution in [0, 0.1) is 0 Å². The van der Waals surface area contributed by atoms with Gasteiger partial charge in [-0.05, 0) is 34.1 Å². The van der Waals surface area contributed by atoms with E-state index in [1.807, 2.05) is 0 Å². The van der Waals surface area contributed by atoms with Crippen LogP contribution in [-0.2, 0) is 14.3 Å². The second kappa shape index (κ2) is 4.82. The predicted molar refractivity (Wildman–Crippen MR) is 58.2 cm³/mol. The molecule has 0 saturated carbocycles. The zero-order chi connectivity index (χ0) is 12.3. The standard InChI is InChI=1S/C11H19NO4/c1-7(13)9-8(5-6-15-9)12-10(14)16-11(2,3)4/h8-9H,5-6H2,1-4H3,(H,12,14)/t8-,9-/m0/s1. The number of Topliss-reactive ketones (excluding diaryl/α,β-unsaturated/α-hetero) is 1. The maximum Gasteiger partial charge on any atom is 0.407 e. The van der Waals surface area contributed by atoms with E-state index >= 15 is 0 Å². The van der Waals surface area contributed by atoms with E-state index in [9.17, 15) is 9.59 Å². The number of carbonyl (C=O) groups excluding carboxylic acids is 2. The van der Waals surface area contributed by atoms with Crippen LogP contribution in [-0.4, -0.2) is 36.2 Å². The van der Waals surface area contributed by atoms with Crippen LogP contribution in [0.15, 0.2) is 0 Å². The predicted octanol–water partition coefficient (Wildman–Crippen LogP) is 1.26. The lowest BCUT2D eigenvalue weighted by molar-refractivity contribution is -0.126. The fourth-order valence-electron chi connectivity index (χ4n) is 1.60. The number of hydrogen-bond donors (Lipinski definition) is 1. The van der Waals surface area contributed by atoms with Crippen LogP contribution in [0.2, 0.25) is 0 Å². The summed E-state index contributed by atoms with van der Waals surface area (Å²) in [6.45, 7) is 7.32. The Labute approximate surface area is 95.5 Å². The first-order valence-electron chi connectivity index (χ1n) is 5.41. The van der Waals surface area contributed by atoms with Gasteiger partial charge in [-0.3, -0.25) is 4.79 Å². The highest BCUT2D eigenvalue weighted by Gasteiger charge is 2.33. The molecular weight excluding hydrogens is 210 g/mol. The van der Waals surface area contributed by atoms with Crippen LogP contribution in [0.5, 0.6) is 0 Å². The number of ketones is 1. The minimum absolute atomic E-state index is 0.0708. The van der Waals surface area contributed by atoms with Gasteiger partial charge in [0.15, 0.2) is 5.78 Å². The highest BCUT2D eigenvalue weighted by molar-refractivity contribution is 5.82. The van der Waals surface area contributed by atoms with Crippen molar-refractivity contribution in [3.63, 3.8) is 0 Å². The van der Waals surface area contributed by atoms with Gasteiger partial charge in [-0.1, -0.05) is 0 Å². The molecule has 1 heterocycles. The van der Waals surface area contributed by atoms with Gasteiger partial charge in [-0.2, -0.15) is 0 Å².